The molecule has 124 valence electrons. The Balaban J connectivity index is 1.89. The molecule has 0 unspecified atom stereocenters. The summed E-state index contributed by atoms with van der Waals surface area (Å²) in [5.41, 5.74) is 0.429. The molecule has 23 heavy (non-hydrogen) atoms. The number of rotatable bonds is 5. The average Bonchev–Trinajstić information content (AvgIpc) is 2.86. The summed E-state index contributed by atoms with van der Waals surface area (Å²) in [5, 5.41) is 0. The number of esters is 3. The Bertz CT molecular complexity index is 545. The van der Waals surface area contributed by atoms with Gasteiger partial charge in [-0.1, -0.05) is 18.2 Å². The van der Waals surface area contributed by atoms with Crippen LogP contribution in [0.3, 0.4) is 0 Å². The third-order valence-corrected chi connectivity index (χ3v) is 3.13. The Labute approximate surface area is 133 Å². The summed E-state index contributed by atoms with van der Waals surface area (Å²) in [6.45, 7) is 2.47. The van der Waals surface area contributed by atoms with Gasteiger partial charge in [0.1, 0.15) is 6.61 Å². The second-order valence-corrected chi connectivity index (χ2v) is 5.08. The lowest BCUT2D eigenvalue weighted by Gasteiger charge is -2.17. The van der Waals surface area contributed by atoms with Gasteiger partial charge in [-0.15, -0.1) is 0 Å². The van der Waals surface area contributed by atoms with Crippen molar-refractivity contribution >= 4 is 17.9 Å². The quantitative estimate of drug-likeness (QED) is 0.599. The van der Waals surface area contributed by atoms with Crippen molar-refractivity contribution in [3.05, 3.63) is 35.9 Å². The average molecular weight is 322 g/mol. The summed E-state index contributed by atoms with van der Waals surface area (Å²) in [4.78, 5) is 34.0. The van der Waals surface area contributed by atoms with Gasteiger partial charge in [-0.2, -0.15) is 0 Å². The van der Waals surface area contributed by atoms with Gasteiger partial charge >= 0.3 is 17.9 Å². The standard InChI is InChI=1S/C16H18O7/c1-10(17)21-14-8-13(23-16(14)22-11(2)18)9-20-15(19)12-6-4-3-5-7-12/h3-7,13-14,16H,8-9H2,1-2H3/t13-,14+,16+/m0/s1. The molecule has 0 aromatic heterocycles. The maximum atomic E-state index is 11.9. The van der Waals surface area contributed by atoms with E-state index in [0.717, 1.165) is 0 Å². The second kappa shape index (κ2) is 7.73. The molecule has 0 N–H and O–H groups in total. The van der Waals surface area contributed by atoms with Crippen molar-refractivity contribution in [2.75, 3.05) is 6.61 Å². The molecule has 3 atom stereocenters. The SMILES string of the molecule is CC(=O)O[C@@H]1O[C@H](COC(=O)c2ccccc2)C[C@H]1OC(C)=O. The third-order valence-electron chi connectivity index (χ3n) is 3.13. The van der Waals surface area contributed by atoms with Crippen LogP contribution in [0.25, 0.3) is 0 Å². The zero-order chi connectivity index (χ0) is 16.8. The van der Waals surface area contributed by atoms with Gasteiger partial charge in [-0.3, -0.25) is 9.59 Å². The monoisotopic (exact) mass is 322 g/mol. The first kappa shape index (κ1) is 17.0. The first-order chi connectivity index (χ1) is 11.0. The number of hydrogen-bond donors (Lipinski definition) is 0. The Hall–Kier alpha value is -2.41. The molecule has 1 aromatic rings. The molecule has 2 rings (SSSR count). The number of benzene rings is 1. The van der Waals surface area contributed by atoms with Crippen molar-refractivity contribution in [3.8, 4) is 0 Å². The van der Waals surface area contributed by atoms with Gasteiger partial charge in [-0.25, -0.2) is 4.79 Å². The Kier molecular flexibility index (Phi) is 5.70. The van der Waals surface area contributed by atoms with Crippen LogP contribution in [-0.4, -0.2) is 43.0 Å². The summed E-state index contributed by atoms with van der Waals surface area (Å²) in [5.74, 6) is -1.53. The van der Waals surface area contributed by atoms with Crippen LogP contribution < -0.4 is 0 Å². The van der Waals surface area contributed by atoms with Crippen molar-refractivity contribution in [2.45, 2.75) is 38.8 Å². The zero-order valence-corrected chi connectivity index (χ0v) is 12.9. The first-order valence-electron chi connectivity index (χ1n) is 7.17. The van der Waals surface area contributed by atoms with Crippen molar-refractivity contribution in [1.29, 1.82) is 0 Å². The largest absolute Gasteiger partial charge is 0.459 e. The van der Waals surface area contributed by atoms with Gasteiger partial charge in [0, 0.05) is 20.3 Å². The van der Waals surface area contributed by atoms with E-state index < -0.39 is 36.4 Å². The van der Waals surface area contributed by atoms with Crippen LogP contribution >= 0.6 is 0 Å². The summed E-state index contributed by atoms with van der Waals surface area (Å²) < 4.78 is 20.7. The van der Waals surface area contributed by atoms with Crippen LogP contribution in [0.5, 0.6) is 0 Å². The normalized spacial score (nSPS) is 23.1. The molecular formula is C16H18O7. The molecular weight excluding hydrogens is 304 g/mol. The molecule has 1 aliphatic heterocycles. The fraction of sp³-hybridized carbons (Fsp3) is 0.438. The second-order valence-electron chi connectivity index (χ2n) is 5.08. The molecule has 1 heterocycles. The van der Waals surface area contributed by atoms with Gasteiger partial charge in [0.2, 0.25) is 6.29 Å². The number of hydrogen-bond acceptors (Lipinski definition) is 7. The Morgan fingerprint density at radius 3 is 2.35 bits per heavy atom. The van der Waals surface area contributed by atoms with Crippen molar-refractivity contribution in [3.63, 3.8) is 0 Å². The van der Waals surface area contributed by atoms with Gasteiger partial charge in [0.25, 0.3) is 0 Å². The Morgan fingerprint density at radius 2 is 1.74 bits per heavy atom. The van der Waals surface area contributed by atoms with Crippen LogP contribution in [0.1, 0.15) is 30.6 Å². The summed E-state index contributed by atoms with van der Waals surface area (Å²) in [6.07, 6.45) is -1.94. The highest BCUT2D eigenvalue weighted by Gasteiger charge is 2.40. The van der Waals surface area contributed by atoms with E-state index in [1.54, 1.807) is 30.3 Å². The predicted octanol–water partition coefficient (Wildman–Crippen LogP) is 1.45. The van der Waals surface area contributed by atoms with Crippen molar-refractivity contribution < 1.29 is 33.3 Å². The lowest BCUT2D eigenvalue weighted by Crippen LogP contribution is -2.30. The fourth-order valence-electron chi connectivity index (χ4n) is 2.22. The highest BCUT2D eigenvalue weighted by Crippen LogP contribution is 2.25. The highest BCUT2D eigenvalue weighted by atomic mass is 16.7. The molecule has 7 heteroatoms. The topological polar surface area (TPSA) is 88.1 Å². The van der Waals surface area contributed by atoms with E-state index in [2.05, 4.69) is 0 Å². The van der Waals surface area contributed by atoms with E-state index in [0.29, 0.717) is 5.56 Å². The Morgan fingerprint density at radius 1 is 1.09 bits per heavy atom. The fourth-order valence-corrected chi connectivity index (χ4v) is 2.22. The number of carbonyl (C=O) groups excluding carboxylic acids is 3. The lowest BCUT2D eigenvalue weighted by atomic mass is 10.2. The number of ether oxygens (including phenoxy) is 4. The van der Waals surface area contributed by atoms with Crippen LogP contribution in [0.2, 0.25) is 0 Å². The van der Waals surface area contributed by atoms with E-state index in [4.69, 9.17) is 18.9 Å². The van der Waals surface area contributed by atoms with Gasteiger partial charge in [0.05, 0.1) is 11.7 Å². The van der Waals surface area contributed by atoms with Gasteiger partial charge in [-0.05, 0) is 12.1 Å². The molecule has 1 aliphatic rings. The molecule has 1 aromatic carbocycles. The van der Waals surface area contributed by atoms with Crippen LogP contribution in [-0.2, 0) is 28.5 Å². The maximum absolute atomic E-state index is 11.9. The highest BCUT2D eigenvalue weighted by molar-refractivity contribution is 5.89. The lowest BCUT2D eigenvalue weighted by molar-refractivity contribution is -0.195. The molecule has 0 spiro atoms. The molecule has 0 saturated carbocycles. The van der Waals surface area contributed by atoms with E-state index in [1.165, 1.54) is 13.8 Å². The molecule has 7 nitrogen and oxygen atoms in total. The minimum atomic E-state index is -0.989. The van der Waals surface area contributed by atoms with E-state index in [9.17, 15) is 14.4 Å². The molecule has 1 saturated heterocycles. The number of carbonyl (C=O) groups is 3. The minimum absolute atomic E-state index is 0.0245. The van der Waals surface area contributed by atoms with Crippen molar-refractivity contribution in [2.24, 2.45) is 0 Å². The van der Waals surface area contributed by atoms with E-state index >= 15 is 0 Å². The summed E-state index contributed by atoms with van der Waals surface area (Å²) in [7, 11) is 0. The van der Waals surface area contributed by atoms with Gasteiger partial charge in [0.15, 0.2) is 6.10 Å². The van der Waals surface area contributed by atoms with Gasteiger partial charge < -0.3 is 18.9 Å². The van der Waals surface area contributed by atoms with Crippen LogP contribution in [0.4, 0.5) is 0 Å². The molecule has 0 amide bonds. The van der Waals surface area contributed by atoms with E-state index in [1.807, 2.05) is 0 Å². The first-order valence-corrected chi connectivity index (χ1v) is 7.17. The summed E-state index contributed by atoms with van der Waals surface area (Å²) >= 11 is 0. The molecule has 0 bridgehead atoms. The van der Waals surface area contributed by atoms with Crippen molar-refractivity contribution in [1.82, 2.24) is 0 Å². The molecule has 0 radical (unpaired) electrons. The zero-order valence-electron chi connectivity index (χ0n) is 12.9. The molecule has 0 aliphatic carbocycles. The van der Waals surface area contributed by atoms with E-state index in [-0.39, 0.29) is 13.0 Å². The summed E-state index contributed by atoms with van der Waals surface area (Å²) in [6, 6.07) is 8.54. The van der Waals surface area contributed by atoms with Crippen LogP contribution in [0, 0.1) is 0 Å². The molecule has 1 fully saturated rings. The smallest absolute Gasteiger partial charge is 0.338 e. The predicted molar refractivity (Wildman–Crippen MR) is 77.3 cm³/mol. The minimum Gasteiger partial charge on any atom is -0.459 e. The maximum Gasteiger partial charge on any atom is 0.338 e. The van der Waals surface area contributed by atoms with Crippen LogP contribution in [0.15, 0.2) is 30.3 Å². The third kappa shape index (κ3) is 5.07.